The monoisotopic (exact) mass is 280 g/mol. The summed E-state index contributed by atoms with van der Waals surface area (Å²) in [6.45, 7) is 4.03. The molecule has 0 aliphatic carbocycles. The molecule has 0 bridgehead atoms. The zero-order valence-electron chi connectivity index (χ0n) is 10.9. The van der Waals surface area contributed by atoms with Crippen molar-refractivity contribution in [3.8, 4) is 0 Å². The van der Waals surface area contributed by atoms with Gasteiger partial charge < -0.3 is 4.52 Å². The first-order valence-electron chi connectivity index (χ1n) is 6.01. The molecule has 0 amide bonds. The van der Waals surface area contributed by atoms with E-state index in [4.69, 9.17) is 4.52 Å². The zero-order chi connectivity index (χ0) is 13.9. The van der Waals surface area contributed by atoms with Gasteiger partial charge in [0.1, 0.15) is 6.26 Å². The predicted molar refractivity (Wildman–Crippen MR) is 71.1 cm³/mol. The van der Waals surface area contributed by atoms with Crippen molar-refractivity contribution >= 4 is 10.0 Å². The molecule has 102 valence electrons. The van der Waals surface area contributed by atoms with Crippen LogP contribution in [-0.2, 0) is 23.0 Å². The van der Waals surface area contributed by atoms with Crippen LogP contribution in [-0.4, -0.2) is 13.6 Å². The lowest BCUT2D eigenvalue weighted by Gasteiger charge is -2.06. The van der Waals surface area contributed by atoms with Crippen LogP contribution in [0.25, 0.3) is 0 Å². The van der Waals surface area contributed by atoms with Crippen LogP contribution in [0.1, 0.15) is 23.7 Å². The smallest absolute Gasteiger partial charge is 0.240 e. The number of hydrogen-bond acceptors (Lipinski definition) is 4. The van der Waals surface area contributed by atoms with Crippen LogP contribution in [0.3, 0.4) is 0 Å². The summed E-state index contributed by atoms with van der Waals surface area (Å²) in [7, 11) is -3.50. The Balaban J connectivity index is 2.12. The van der Waals surface area contributed by atoms with Gasteiger partial charge in [-0.2, -0.15) is 0 Å². The summed E-state index contributed by atoms with van der Waals surface area (Å²) in [5.41, 5.74) is 2.55. The van der Waals surface area contributed by atoms with Crippen molar-refractivity contribution in [3.63, 3.8) is 0 Å². The lowest BCUT2D eigenvalue weighted by atomic mass is 10.2. The van der Waals surface area contributed by atoms with Gasteiger partial charge in [0.15, 0.2) is 0 Å². The second-order valence-electron chi connectivity index (χ2n) is 4.28. The molecule has 2 aromatic rings. The molecule has 0 aliphatic heterocycles. The molecule has 0 spiro atoms. The summed E-state index contributed by atoms with van der Waals surface area (Å²) in [4.78, 5) is 0.257. The first-order chi connectivity index (χ1) is 9.03. The third-order valence-electron chi connectivity index (χ3n) is 2.85. The minimum Gasteiger partial charge on any atom is -0.364 e. The number of benzene rings is 1. The van der Waals surface area contributed by atoms with Crippen molar-refractivity contribution in [2.75, 3.05) is 0 Å². The van der Waals surface area contributed by atoms with E-state index in [0.717, 1.165) is 16.8 Å². The Morgan fingerprint density at radius 3 is 2.58 bits per heavy atom. The quantitative estimate of drug-likeness (QED) is 0.909. The largest absolute Gasteiger partial charge is 0.364 e. The summed E-state index contributed by atoms with van der Waals surface area (Å²) in [6, 6.07) is 6.72. The van der Waals surface area contributed by atoms with E-state index >= 15 is 0 Å². The maximum absolute atomic E-state index is 12.1. The molecular formula is C13H16N2O3S. The first kappa shape index (κ1) is 13.8. The fourth-order valence-electron chi connectivity index (χ4n) is 1.69. The lowest BCUT2D eigenvalue weighted by Crippen LogP contribution is -2.23. The van der Waals surface area contributed by atoms with E-state index in [2.05, 4.69) is 9.88 Å². The molecule has 0 aliphatic rings. The third-order valence-corrected chi connectivity index (χ3v) is 4.26. The van der Waals surface area contributed by atoms with E-state index in [1.54, 1.807) is 24.3 Å². The lowest BCUT2D eigenvalue weighted by molar-refractivity contribution is 0.412. The van der Waals surface area contributed by atoms with Crippen molar-refractivity contribution in [1.29, 1.82) is 0 Å². The van der Waals surface area contributed by atoms with Crippen LogP contribution in [0.4, 0.5) is 0 Å². The molecule has 0 saturated carbocycles. The van der Waals surface area contributed by atoms with Gasteiger partial charge in [-0.15, -0.1) is 0 Å². The molecule has 0 fully saturated rings. The van der Waals surface area contributed by atoms with E-state index in [1.165, 1.54) is 6.26 Å². The van der Waals surface area contributed by atoms with Gasteiger partial charge in [0.2, 0.25) is 10.0 Å². The first-order valence-corrected chi connectivity index (χ1v) is 7.49. The molecule has 1 heterocycles. The molecule has 1 N–H and O–H groups in total. The zero-order valence-corrected chi connectivity index (χ0v) is 11.7. The minimum atomic E-state index is -3.50. The van der Waals surface area contributed by atoms with Crippen LogP contribution in [0.2, 0.25) is 0 Å². The van der Waals surface area contributed by atoms with Crippen LogP contribution in [0.5, 0.6) is 0 Å². The third kappa shape index (κ3) is 3.21. The van der Waals surface area contributed by atoms with Gasteiger partial charge in [-0.1, -0.05) is 29.8 Å². The Hall–Kier alpha value is -1.66. The molecule has 5 nitrogen and oxygen atoms in total. The van der Waals surface area contributed by atoms with Crippen molar-refractivity contribution in [1.82, 2.24) is 9.88 Å². The highest BCUT2D eigenvalue weighted by molar-refractivity contribution is 7.89. The van der Waals surface area contributed by atoms with E-state index in [1.807, 2.05) is 13.8 Å². The molecule has 0 atom stereocenters. The number of aromatic nitrogens is 1. The second kappa shape index (κ2) is 5.54. The van der Waals surface area contributed by atoms with Gasteiger partial charge in [-0.05, 0) is 25.5 Å². The van der Waals surface area contributed by atoms with Crippen LogP contribution in [0.15, 0.2) is 39.9 Å². The topological polar surface area (TPSA) is 72.2 Å². The number of nitrogens with one attached hydrogen (secondary N) is 1. The van der Waals surface area contributed by atoms with Crippen LogP contribution in [0, 0.1) is 6.92 Å². The molecule has 2 rings (SSSR count). The second-order valence-corrected chi connectivity index (χ2v) is 6.04. The van der Waals surface area contributed by atoms with Crippen molar-refractivity contribution in [2.45, 2.75) is 31.7 Å². The fraction of sp³-hybridized carbons (Fsp3) is 0.308. The molecule has 1 aromatic heterocycles. The number of hydrogen-bond donors (Lipinski definition) is 1. The summed E-state index contributed by atoms with van der Waals surface area (Å²) < 4.78 is 31.5. The van der Waals surface area contributed by atoms with E-state index in [0.29, 0.717) is 6.42 Å². The SMILES string of the molecule is CCc1nocc1CNS(=O)(=O)c1ccc(C)cc1. The average Bonchev–Trinajstić information content (AvgIpc) is 2.84. The highest BCUT2D eigenvalue weighted by atomic mass is 32.2. The number of rotatable bonds is 5. The summed E-state index contributed by atoms with van der Waals surface area (Å²) in [6.07, 6.45) is 2.18. The number of sulfonamides is 1. The summed E-state index contributed by atoms with van der Waals surface area (Å²) >= 11 is 0. The molecule has 6 heteroatoms. The van der Waals surface area contributed by atoms with Crippen molar-refractivity contribution in [3.05, 3.63) is 47.3 Å². The maximum atomic E-state index is 12.1. The number of aryl methyl sites for hydroxylation is 2. The molecule has 0 radical (unpaired) electrons. The van der Waals surface area contributed by atoms with E-state index < -0.39 is 10.0 Å². The van der Waals surface area contributed by atoms with Gasteiger partial charge in [-0.3, -0.25) is 0 Å². The van der Waals surface area contributed by atoms with Crippen LogP contribution < -0.4 is 4.72 Å². The van der Waals surface area contributed by atoms with Gasteiger partial charge >= 0.3 is 0 Å². The van der Waals surface area contributed by atoms with Gasteiger partial charge in [-0.25, -0.2) is 13.1 Å². The summed E-state index contributed by atoms with van der Waals surface area (Å²) in [5.74, 6) is 0. The Kier molecular flexibility index (Phi) is 4.01. The van der Waals surface area contributed by atoms with Gasteiger partial charge in [0, 0.05) is 12.1 Å². The van der Waals surface area contributed by atoms with Crippen molar-refractivity contribution in [2.24, 2.45) is 0 Å². The molecule has 1 aromatic carbocycles. The normalized spacial score (nSPS) is 11.7. The molecule has 0 unspecified atom stereocenters. The molecular weight excluding hydrogens is 264 g/mol. The Bertz CT molecular complexity index is 645. The molecule has 19 heavy (non-hydrogen) atoms. The fourth-order valence-corrected chi connectivity index (χ4v) is 2.70. The molecule has 0 saturated heterocycles. The van der Waals surface area contributed by atoms with E-state index in [-0.39, 0.29) is 11.4 Å². The Morgan fingerprint density at radius 2 is 1.95 bits per heavy atom. The predicted octanol–water partition coefficient (Wildman–Crippen LogP) is 2.02. The standard InChI is InChI=1S/C13H16N2O3S/c1-3-13-11(9-18-15-13)8-14-19(16,17)12-6-4-10(2)5-7-12/h4-7,9,14H,3,8H2,1-2H3. The minimum absolute atomic E-state index is 0.183. The van der Waals surface area contributed by atoms with Gasteiger partial charge in [0.25, 0.3) is 0 Å². The summed E-state index contributed by atoms with van der Waals surface area (Å²) in [5, 5.41) is 3.81. The maximum Gasteiger partial charge on any atom is 0.240 e. The Labute approximate surface area is 112 Å². The van der Waals surface area contributed by atoms with Crippen molar-refractivity contribution < 1.29 is 12.9 Å². The highest BCUT2D eigenvalue weighted by Crippen LogP contribution is 2.12. The van der Waals surface area contributed by atoms with Crippen LogP contribution >= 0.6 is 0 Å². The van der Waals surface area contributed by atoms with Gasteiger partial charge in [0.05, 0.1) is 10.6 Å². The average molecular weight is 280 g/mol. The highest BCUT2D eigenvalue weighted by Gasteiger charge is 2.15. The number of nitrogens with zero attached hydrogens (tertiary/aromatic N) is 1. The Morgan fingerprint density at radius 1 is 1.26 bits per heavy atom. The van der Waals surface area contributed by atoms with E-state index in [9.17, 15) is 8.42 Å².